The Kier molecular flexibility index (Phi) is 5.61. The number of nitrogens with one attached hydrogen (secondary N) is 2. The first-order chi connectivity index (χ1) is 18.5. The zero-order valence-corrected chi connectivity index (χ0v) is 20.5. The van der Waals surface area contributed by atoms with Gasteiger partial charge in [-0.05, 0) is 61.1 Å². The van der Waals surface area contributed by atoms with Gasteiger partial charge in [-0.3, -0.25) is 14.5 Å². The number of hydrogen-bond donors (Lipinski definition) is 2. The van der Waals surface area contributed by atoms with Gasteiger partial charge in [0.1, 0.15) is 17.9 Å². The van der Waals surface area contributed by atoms with E-state index in [2.05, 4.69) is 10.6 Å². The Morgan fingerprint density at radius 1 is 1.10 bits per heavy atom. The quantitative estimate of drug-likeness (QED) is 0.567. The van der Waals surface area contributed by atoms with Crippen LogP contribution in [0.2, 0.25) is 0 Å². The van der Waals surface area contributed by atoms with Crippen LogP contribution in [0, 0.1) is 29.0 Å². The normalized spacial score (nSPS) is 27.5. The second kappa shape index (κ2) is 8.69. The summed E-state index contributed by atoms with van der Waals surface area (Å²) in [4.78, 5) is 42.4. The first-order valence-electron chi connectivity index (χ1n) is 12.6. The lowest BCUT2D eigenvalue weighted by molar-refractivity contribution is -0.159. The highest BCUT2D eigenvalue weighted by Crippen LogP contribution is 2.66. The molecule has 2 unspecified atom stereocenters. The molecule has 4 atom stereocenters. The molecular formula is C27H23F4N5O3. The van der Waals surface area contributed by atoms with Crippen molar-refractivity contribution in [1.29, 1.82) is 5.26 Å². The van der Waals surface area contributed by atoms with E-state index in [9.17, 15) is 31.9 Å². The lowest BCUT2D eigenvalue weighted by Crippen LogP contribution is -2.72. The molecule has 4 amide bonds. The zero-order valence-electron chi connectivity index (χ0n) is 20.5. The van der Waals surface area contributed by atoms with Gasteiger partial charge in [0, 0.05) is 24.5 Å². The second-order valence-electron chi connectivity index (χ2n) is 10.6. The van der Waals surface area contributed by atoms with E-state index in [1.807, 2.05) is 6.07 Å². The van der Waals surface area contributed by atoms with Crippen molar-refractivity contribution in [1.82, 2.24) is 15.5 Å². The smallest absolute Gasteiger partial charge is 0.335 e. The Balaban J connectivity index is 1.31. The highest BCUT2D eigenvalue weighted by molar-refractivity contribution is 6.10. The summed E-state index contributed by atoms with van der Waals surface area (Å²) in [6, 6.07) is 9.21. The predicted molar refractivity (Wildman–Crippen MR) is 128 cm³/mol. The third-order valence-corrected chi connectivity index (χ3v) is 8.16. The van der Waals surface area contributed by atoms with Gasteiger partial charge in [-0.2, -0.15) is 18.4 Å². The maximum atomic E-state index is 14.9. The van der Waals surface area contributed by atoms with Crippen molar-refractivity contribution < 1.29 is 31.9 Å². The van der Waals surface area contributed by atoms with E-state index in [0.717, 1.165) is 35.9 Å². The average Bonchev–Trinajstić information content (AvgIpc) is 3.78. The summed E-state index contributed by atoms with van der Waals surface area (Å²) in [7, 11) is 0. The summed E-state index contributed by atoms with van der Waals surface area (Å²) >= 11 is 0. The van der Waals surface area contributed by atoms with Crippen LogP contribution in [-0.2, 0) is 22.3 Å². The summed E-state index contributed by atoms with van der Waals surface area (Å²) in [6.07, 6.45) is -2.50. The molecule has 202 valence electrons. The highest BCUT2D eigenvalue weighted by Gasteiger charge is 2.79. The van der Waals surface area contributed by atoms with E-state index in [1.54, 1.807) is 0 Å². The summed E-state index contributed by atoms with van der Waals surface area (Å²) < 4.78 is 54.1. The van der Waals surface area contributed by atoms with Gasteiger partial charge in [0.25, 0.3) is 5.91 Å². The fraction of sp³-hybridized carbons (Fsp3) is 0.407. The number of anilines is 1. The van der Waals surface area contributed by atoms with Gasteiger partial charge in [-0.1, -0.05) is 12.1 Å². The average molecular weight is 542 g/mol. The minimum Gasteiger partial charge on any atom is -0.335 e. The molecule has 3 saturated carbocycles. The third-order valence-electron chi connectivity index (χ3n) is 8.16. The summed E-state index contributed by atoms with van der Waals surface area (Å²) in [5.74, 6) is -2.33. The number of carbonyl (C=O) groups excluding carboxylic acids is 3. The first kappa shape index (κ1) is 25.2. The van der Waals surface area contributed by atoms with Gasteiger partial charge in [0.05, 0.1) is 22.9 Å². The molecule has 1 aliphatic heterocycles. The molecule has 6 rings (SSSR count). The van der Waals surface area contributed by atoms with Gasteiger partial charge in [-0.25, -0.2) is 9.18 Å². The van der Waals surface area contributed by atoms with Crippen molar-refractivity contribution in [2.75, 3.05) is 11.4 Å². The number of benzene rings is 2. The van der Waals surface area contributed by atoms with Crippen LogP contribution in [0.1, 0.15) is 36.0 Å². The molecule has 12 heteroatoms. The molecule has 39 heavy (non-hydrogen) atoms. The Morgan fingerprint density at radius 2 is 1.82 bits per heavy atom. The van der Waals surface area contributed by atoms with Crippen LogP contribution < -0.4 is 15.5 Å². The van der Waals surface area contributed by atoms with E-state index in [4.69, 9.17) is 5.26 Å². The van der Waals surface area contributed by atoms with Crippen molar-refractivity contribution in [3.05, 3.63) is 65.0 Å². The molecule has 3 aliphatic carbocycles. The lowest BCUT2D eigenvalue weighted by Gasteiger charge is -2.53. The van der Waals surface area contributed by atoms with Gasteiger partial charge in [-0.15, -0.1) is 0 Å². The molecule has 1 spiro atoms. The standard InChI is InChI=1S/C27H23F4N5O3/c28-19-9-15(11-32)3-8-20(19)35-13-21(37)36(12-14-1-4-16(5-2-14)27(29,30)31)26(24(35)38)10-18-22(26)23(18)34-25(39)33-17-6-7-17/h1-5,8-9,17-18,22-23H,6-7,10,12-13H2,(H2,33,34,39)/t18?,22-,23?,26-/m1/s1. The molecule has 4 aliphatic rings. The number of piperazine rings is 1. The summed E-state index contributed by atoms with van der Waals surface area (Å²) in [6.45, 7) is -0.585. The van der Waals surface area contributed by atoms with Crippen molar-refractivity contribution in [3.8, 4) is 6.07 Å². The van der Waals surface area contributed by atoms with Crippen molar-refractivity contribution >= 4 is 23.5 Å². The molecule has 8 nitrogen and oxygen atoms in total. The van der Waals surface area contributed by atoms with Crippen molar-refractivity contribution in [3.63, 3.8) is 0 Å². The molecule has 0 radical (unpaired) electrons. The SMILES string of the molecule is N#Cc1ccc(N2CC(=O)N(Cc3ccc(C(F)(F)F)cc3)[C@@]3(CC4C(NC(=O)NC5CC5)[C@@H]43)C2=O)c(F)c1. The molecule has 1 saturated heterocycles. The van der Waals surface area contributed by atoms with E-state index in [-0.39, 0.29) is 48.2 Å². The third kappa shape index (κ3) is 4.16. The molecule has 0 bridgehead atoms. The Labute approximate surface area is 220 Å². The molecule has 2 aromatic rings. The maximum Gasteiger partial charge on any atom is 0.416 e. The molecule has 0 aromatic heterocycles. The van der Waals surface area contributed by atoms with Gasteiger partial charge < -0.3 is 15.5 Å². The van der Waals surface area contributed by atoms with Crippen LogP contribution in [0.5, 0.6) is 0 Å². The Bertz CT molecular complexity index is 1420. The number of carbonyl (C=O) groups is 3. The van der Waals surface area contributed by atoms with Crippen molar-refractivity contribution in [2.24, 2.45) is 11.8 Å². The van der Waals surface area contributed by atoms with Crippen LogP contribution in [-0.4, -0.2) is 46.9 Å². The molecule has 4 fully saturated rings. The monoisotopic (exact) mass is 541 g/mol. The van der Waals surface area contributed by atoms with Crippen LogP contribution in [0.4, 0.5) is 28.0 Å². The summed E-state index contributed by atoms with van der Waals surface area (Å²) in [5.41, 5.74) is -1.90. The Morgan fingerprint density at radius 3 is 2.44 bits per heavy atom. The van der Waals surface area contributed by atoms with Gasteiger partial charge in [0.2, 0.25) is 5.91 Å². The number of hydrogen-bond acceptors (Lipinski definition) is 4. The number of alkyl halides is 3. The topological polar surface area (TPSA) is 106 Å². The molecule has 2 N–H and O–H groups in total. The number of urea groups is 1. The maximum absolute atomic E-state index is 14.9. The number of nitrogens with zero attached hydrogens (tertiary/aromatic N) is 3. The van der Waals surface area contributed by atoms with Gasteiger partial charge in [0.15, 0.2) is 0 Å². The number of halogens is 4. The number of rotatable bonds is 5. The van der Waals surface area contributed by atoms with Crippen LogP contribution in [0.3, 0.4) is 0 Å². The second-order valence-corrected chi connectivity index (χ2v) is 10.6. The lowest BCUT2D eigenvalue weighted by atomic mass is 9.72. The number of nitriles is 1. The molecular weight excluding hydrogens is 518 g/mol. The number of fused-ring (bicyclic) bond motifs is 2. The minimum atomic E-state index is -4.52. The van der Waals surface area contributed by atoms with E-state index < -0.39 is 47.4 Å². The Hall–Kier alpha value is -4.14. The fourth-order valence-corrected chi connectivity index (χ4v) is 6.00. The van der Waals surface area contributed by atoms with E-state index in [1.165, 1.54) is 29.2 Å². The van der Waals surface area contributed by atoms with Crippen LogP contribution >= 0.6 is 0 Å². The summed E-state index contributed by atoms with van der Waals surface area (Å²) in [5, 5.41) is 14.8. The van der Waals surface area contributed by atoms with E-state index >= 15 is 0 Å². The van der Waals surface area contributed by atoms with Crippen LogP contribution in [0.25, 0.3) is 0 Å². The van der Waals surface area contributed by atoms with Crippen molar-refractivity contribution in [2.45, 2.75) is 49.6 Å². The first-order valence-corrected chi connectivity index (χ1v) is 12.6. The number of amides is 4. The largest absolute Gasteiger partial charge is 0.416 e. The van der Waals surface area contributed by atoms with E-state index in [0.29, 0.717) is 5.56 Å². The zero-order chi connectivity index (χ0) is 27.7. The molecule has 2 aromatic carbocycles. The fourth-order valence-electron chi connectivity index (χ4n) is 6.00. The minimum absolute atomic E-state index is 0.0579. The van der Waals surface area contributed by atoms with Gasteiger partial charge >= 0.3 is 12.2 Å². The highest BCUT2D eigenvalue weighted by atomic mass is 19.4. The molecule has 1 heterocycles. The predicted octanol–water partition coefficient (Wildman–Crippen LogP) is 3.31. The van der Waals surface area contributed by atoms with Crippen LogP contribution in [0.15, 0.2) is 42.5 Å².